The molecule has 1 amide bonds. The van der Waals surface area contributed by atoms with Gasteiger partial charge in [0.15, 0.2) is 9.84 Å². The van der Waals surface area contributed by atoms with Gasteiger partial charge in [-0.2, -0.15) is 0 Å². The molecule has 3 atom stereocenters. The number of carboxylic acids is 1. The number of sulfone groups is 1. The number of aromatic hydroxyl groups is 1. The quantitative estimate of drug-likeness (QED) is 0.753. The fourth-order valence-electron chi connectivity index (χ4n) is 3.55. The number of carboxylic acid groups (broad SMARTS) is 1. The molecule has 2 aliphatic heterocycles. The minimum absolute atomic E-state index is 0.0315. The molecule has 0 radical (unpaired) electrons. The summed E-state index contributed by atoms with van der Waals surface area (Å²) < 4.78 is 24.6. The molecule has 144 valence electrons. The van der Waals surface area contributed by atoms with Crippen molar-refractivity contribution in [2.75, 3.05) is 32.9 Å². The lowest BCUT2D eigenvalue weighted by atomic mass is 10.00. The van der Waals surface area contributed by atoms with Crippen LogP contribution in [0.3, 0.4) is 0 Å². The van der Waals surface area contributed by atoms with E-state index in [9.17, 15) is 18.3 Å². The van der Waals surface area contributed by atoms with Gasteiger partial charge in [-0.25, -0.2) is 8.42 Å². The Labute approximate surface area is 152 Å². The van der Waals surface area contributed by atoms with Crippen LogP contribution in [0.15, 0.2) is 24.3 Å². The summed E-state index contributed by atoms with van der Waals surface area (Å²) in [5.41, 5.74) is 0.388. The highest BCUT2D eigenvalue weighted by Gasteiger charge is 2.53. The highest BCUT2D eigenvalue weighted by molar-refractivity contribution is 7.92. The highest BCUT2D eigenvalue weighted by Crippen LogP contribution is 2.36. The first kappa shape index (κ1) is 20.2. The van der Waals surface area contributed by atoms with E-state index in [4.69, 9.17) is 9.90 Å². The van der Waals surface area contributed by atoms with Crippen molar-refractivity contribution < 1.29 is 28.2 Å². The summed E-state index contributed by atoms with van der Waals surface area (Å²) in [4.78, 5) is 25.1. The third-order valence-corrected chi connectivity index (χ3v) is 6.94. The highest BCUT2D eigenvalue weighted by atomic mass is 32.2. The summed E-state index contributed by atoms with van der Waals surface area (Å²) in [7, 11) is 0.595. The molecule has 0 aliphatic carbocycles. The van der Waals surface area contributed by atoms with Crippen LogP contribution >= 0.6 is 0 Å². The molecule has 2 saturated heterocycles. The van der Waals surface area contributed by atoms with Gasteiger partial charge in [0.25, 0.3) is 11.9 Å². The van der Waals surface area contributed by atoms with Crippen LogP contribution in [0.5, 0.6) is 5.75 Å². The van der Waals surface area contributed by atoms with Gasteiger partial charge in [-0.05, 0) is 32.3 Å². The van der Waals surface area contributed by atoms with E-state index in [0.717, 1.165) is 6.92 Å². The summed E-state index contributed by atoms with van der Waals surface area (Å²) in [6.45, 7) is 1.77. The predicted octanol–water partition coefficient (Wildman–Crippen LogP) is 0.282. The molecular formula is C17H24N2O6S. The summed E-state index contributed by atoms with van der Waals surface area (Å²) in [5.74, 6) is -0.896. The van der Waals surface area contributed by atoms with Crippen LogP contribution in [0.1, 0.15) is 17.3 Å². The van der Waals surface area contributed by atoms with E-state index in [1.807, 2.05) is 19.0 Å². The molecule has 2 fully saturated rings. The van der Waals surface area contributed by atoms with Crippen LogP contribution in [0, 0.1) is 5.92 Å². The lowest BCUT2D eigenvalue weighted by Gasteiger charge is -2.25. The first-order valence-electron chi connectivity index (χ1n) is 8.18. The normalized spacial score (nSPS) is 26.2. The van der Waals surface area contributed by atoms with E-state index >= 15 is 0 Å². The molecule has 2 aliphatic rings. The van der Waals surface area contributed by atoms with Gasteiger partial charge in [0, 0.05) is 37.5 Å². The molecule has 1 aromatic rings. The molecule has 2 N–H and O–H groups in total. The van der Waals surface area contributed by atoms with Crippen molar-refractivity contribution in [1.29, 1.82) is 0 Å². The Bertz CT molecular complexity index is 788. The van der Waals surface area contributed by atoms with Crippen LogP contribution in [0.4, 0.5) is 0 Å². The van der Waals surface area contributed by atoms with E-state index in [2.05, 4.69) is 0 Å². The molecule has 0 bridgehead atoms. The average Bonchev–Trinajstić information content (AvgIpc) is 3.05. The number of nitrogens with zero attached hydrogens (tertiary/aromatic N) is 2. The molecule has 3 rings (SSSR count). The van der Waals surface area contributed by atoms with Gasteiger partial charge in [-0.1, -0.05) is 6.07 Å². The Morgan fingerprint density at radius 2 is 1.85 bits per heavy atom. The Hall–Kier alpha value is -2.13. The van der Waals surface area contributed by atoms with Crippen LogP contribution in [-0.4, -0.2) is 84.5 Å². The number of benzene rings is 1. The number of amides is 1. The molecule has 0 spiro atoms. The Kier molecular flexibility index (Phi) is 5.92. The van der Waals surface area contributed by atoms with Gasteiger partial charge in [-0.3, -0.25) is 9.59 Å². The lowest BCUT2D eigenvalue weighted by Crippen LogP contribution is -2.38. The number of hydrogen-bond acceptors (Lipinski definition) is 6. The number of phenols is 1. The maximum Gasteiger partial charge on any atom is 0.300 e. The number of hydrogen-bond donors (Lipinski definition) is 2. The molecule has 0 saturated carbocycles. The van der Waals surface area contributed by atoms with Gasteiger partial charge in [-0.15, -0.1) is 0 Å². The summed E-state index contributed by atoms with van der Waals surface area (Å²) in [5, 5.41) is 16.4. The average molecular weight is 384 g/mol. The summed E-state index contributed by atoms with van der Waals surface area (Å²) in [6, 6.07) is 6.11. The first-order chi connectivity index (χ1) is 12.0. The van der Waals surface area contributed by atoms with Crippen molar-refractivity contribution in [2.24, 2.45) is 5.92 Å². The fourth-order valence-corrected chi connectivity index (χ4v) is 6.03. The molecule has 0 aromatic heterocycles. The monoisotopic (exact) mass is 384 g/mol. The largest absolute Gasteiger partial charge is 0.508 e. The number of aliphatic carboxylic acids is 1. The second-order valence-corrected chi connectivity index (χ2v) is 9.11. The zero-order valence-corrected chi connectivity index (χ0v) is 15.8. The van der Waals surface area contributed by atoms with E-state index < -0.39 is 21.1 Å². The molecule has 9 heteroatoms. The molecule has 8 nitrogen and oxygen atoms in total. The van der Waals surface area contributed by atoms with Gasteiger partial charge in [0.2, 0.25) is 0 Å². The predicted molar refractivity (Wildman–Crippen MR) is 95.9 cm³/mol. The molecular weight excluding hydrogens is 360 g/mol. The number of fused-ring (bicyclic) bond motifs is 1. The third kappa shape index (κ3) is 4.34. The van der Waals surface area contributed by atoms with Crippen molar-refractivity contribution in [2.45, 2.75) is 18.2 Å². The number of carbonyl (C=O) groups excluding carboxylic acids is 1. The molecule has 1 aromatic carbocycles. The Balaban J connectivity index is 0.000000552. The summed E-state index contributed by atoms with van der Waals surface area (Å²) in [6.07, 6.45) is 0. The number of phenolic OH excluding ortho intramolecular Hbond substituents is 1. The van der Waals surface area contributed by atoms with Crippen LogP contribution in [0.25, 0.3) is 0 Å². The maximum atomic E-state index is 12.5. The Morgan fingerprint density at radius 1 is 1.23 bits per heavy atom. The van der Waals surface area contributed by atoms with E-state index in [0.29, 0.717) is 12.1 Å². The van der Waals surface area contributed by atoms with E-state index in [1.165, 1.54) is 12.1 Å². The second kappa shape index (κ2) is 7.63. The topological polar surface area (TPSA) is 115 Å². The van der Waals surface area contributed by atoms with Crippen molar-refractivity contribution in [3.63, 3.8) is 0 Å². The zero-order chi connectivity index (χ0) is 19.6. The van der Waals surface area contributed by atoms with Crippen LogP contribution in [-0.2, 0) is 14.6 Å². The van der Waals surface area contributed by atoms with Crippen molar-refractivity contribution in [1.82, 2.24) is 9.80 Å². The minimum Gasteiger partial charge on any atom is -0.508 e. The Morgan fingerprint density at radius 3 is 2.38 bits per heavy atom. The van der Waals surface area contributed by atoms with E-state index in [-0.39, 0.29) is 35.9 Å². The smallest absolute Gasteiger partial charge is 0.300 e. The van der Waals surface area contributed by atoms with Crippen LogP contribution < -0.4 is 0 Å². The zero-order valence-electron chi connectivity index (χ0n) is 15.0. The number of likely N-dealkylation sites (tertiary alicyclic amines) is 1. The second-order valence-electron chi connectivity index (χ2n) is 6.84. The van der Waals surface area contributed by atoms with E-state index in [1.54, 1.807) is 17.0 Å². The van der Waals surface area contributed by atoms with Crippen molar-refractivity contribution in [3.05, 3.63) is 29.8 Å². The van der Waals surface area contributed by atoms with Crippen LogP contribution in [0.2, 0.25) is 0 Å². The standard InChI is InChI=1S/C15H20N2O4S.C2H4O2/c1-16(2)13-9-22(20,21)14-8-17(7-12(13)14)15(19)10-4-3-5-11(18)6-10;1-2(3)4/h3-6,12-14,18H,7-9H2,1-2H3;1H3,(H,3,4)/t12-,13+,14-;/m0./s1. The van der Waals surface area contributed by atoms with Gasteiger partial charge in [0.1, 0.15) is 5.75 Å². The lowest BCUT2D eigenvalue weighted by molar-refractivity contribution is -0.134. The number of rotatable bonds is 2. The molecule has 0 unspecified atom stereocenters. The van der Waals surface area contributed by atoms with Gasteiger partial charge < -0.3 is 20.0 Å². The first-order valence-corrected chi connectivity index (χ1v) is 9.90. The molecule has 2 heterocycles. The summed E-state index contributed by atoms with van der Waals surface area (Å²) >= 11 is 0. The minimum atomic E-state index is -3.16. The third-order valence-electron chi connectivity index (χ3n) is 4.71. The van der Waals surface area contributed by atoms with Gasteiger partial charge >= 0.3 is 0 Å². The van der Waals surface area contributed by atoms with Crippen molar-refractivity contribution in [3.8, 4) is 5.75 Å². The van der Waals surface area contributed by atoms with Crippen molar-refractivity contribution >= 4 is 21.7 Å². The number of carbonyl (C=O) groups is 2. The fraction of sp³-hybridized carbons (Fsp3) is 0.529. The maximum absolute atomic E-state index is 12.5. The molecule has 26 heavy (non-hydrogen) atoms. The van der Waals surface area contributed by atoms with Gasteiger partial charge in [0.05, 0.1) is 11.0 Å². The SMILES string of the molecule is CC(=O)O.CN(C)[C@@H]1CS(=O)(=O)[C@H]2CN(C(=O)c3cccc(O)c3)C[C@@H]12.